The van der Waals surface area contributed by atoms with E-state index in [0.717, 1.165) is 76.0 Å². The highest BCUT2D eigenvalue weighted by molar-refractivity contribution is 5.81. The summed E-state index contributed by atoms with van der Waals surface area (Å²) in [5, 5.41) is 12.7. The van der Waals surface area contributed by atoms with Crippen LogP contribution in [0.3, 0.4) is 0 Å². The minimum absolute atomic E-state index is 0.0233. The average Bonchev–Trinajstić information content (AvgIpc) is 3.33. The number of likely N-dealkylation sites (tertiary alicyclic amines) is 1. The Morgan fingerprint density at radius 1 is 1.14 bits per heavy atom. The van der Waals surface area contributed by atoms with E-state index in [1.165, 1.54) is 12.8 Å². The predicted octanol–water partition coefficient (Wildman–Crippen LogP) is 3.01. The van der Waals surface area contributed by atoms with Crippen molar-refractivity contribution in [2.75, 3.05) is 38.5 Å². The van der Waals surface area contributed by atoms with Crippen molar-refractivity contribution in [3.63, 3.8) is 0 Å². The molecule has 1 aromatic carbocycles. The number of aromatic amines is 1. The van der Waals surface area contributed by atoms with Gasteiger partial charge in [-0.1, -0.05) is 37.6 Å². The van der Waals surface area contributed by atoms with E-state index in [1.807, 2.05) is 24.3 Å². The number of nitrogens with two attached hydrogens (primary N) is 1. The molecule has 1 unspecified atom stereocenters. The quantitative estimate of drug-likeness (QED) is 0.201. The van der Waals surface area contributed by atoms with Crippen molar-refractivity contribution in [1.29, 1.82) is 0 Å². The standard InChI is InChI=1S/C32H48N8O4/c1-3-4-18-44-31-36-29(33)28-30(37-31)40(32(43)35-28)16-5-15-38(21-24-8-6-23(7-9-24)20-27(41)42)26-12-17-39(22(2)19-26)25-10-13-34-14-11-25/h6-9,22,25-26,34H,3-5,10-21H2,1-2H3,(H,35,43)(H,41,42)(H2,33,36,37)/t22-,26?/m1/s1. The first-order valence-corrected chi connectivity index (χ1v) is 16.2. The lowest BCUT2D eigenvalue weighted by molar-refractivity contribution is -0.136. The van der Waals surface area contributed by atoms with E-state index in [4.69, 9.17) is 15.6 Å². The SMILES string of the molecule is CCCCOc1nc(N)c2[nH]c(=O)n(CCCN(Cc3ccc(CC(=O)O)cc3)C3CCN(C4CCNCC4)[C@H](C)C3)c2n1. The van der Waals surface area contributed by atoms with Gasteiger partial charge in [-0.3, -0.25) is 19.2 Å². The minimum Gasteiger partial charge on any atom is -0.481 e. The molecule has 2 aliphatic heterocycles. The van der Waals surface area contributed by atoms with Gasteiger partial charge in [0.25, 0.3) is 0 Å². The van der Waals surface area contributed by atoms with Gasteiger partial charge in [-0.05, 0) is 69.7 Å². The lowest BCUT2D eigenvalue weighted by atomic mass is 9.92. The highest BCUT2D eigenvalue weighted by atomic mass is 16.5. The Balaban J connectivity index is 1.29. The van der Waals surface area contributed by atoms with Crippen LogP contribution in [0.1, 0.15) is 69.9 Å². The second kappa shape index (κ2) is 15.0. The lowest BCUT2D eigenvalue weighted by Gasteiger charge is -2.46. The summed E-state index contributed by atoms with van der Waals surface area (Å²) in [7, 11) is 0. The number of hydrogen-bond donors (Lipinski definition) is 4. The third-order valence-corrected chi connectivity index (χ3v) is 9.14. The topological polar surface area (TPSA) is 155 Å². The van der Waals surface area contributed by atoms with E-state index >= 15 is 0 Å². The molecule has 240 valence electrons. The van der Waals surface area contributed by atoms with E-state index in [2.05, 4.69) is 43.9 Å². The summed E-state index contributed by atoms with van der Waals surface area (Å²) in [6.07, 6.45) is 7.26. The van der Waals surface area contributed by atoms with Gasteiger partial charge in [0, 0.05) is 44.3 Å². The van der Waals surface area contributed by atoms with E-state index in [-0.39, 0.29) is 23.9 Å². The summed E-state index contributed by atoms with van der Waals surface area (Å²) >= 11 is 0. The Labute approximate surface area is 259 Å². The van der Waals surface area contributed by atoms with Gasteiger partial charge in [-0.2, -0.15) is 9.97 Å². The number of H-pyrrole nitrogens is 1. The molecule has 12 nitrogen and oxygen atoms in total. The van der Waals surface area contributed by atoms with Gasteiger partial charge in [0.15, 0.2) is 11.5 Å². The van der Waals surface area contributed by atoms with Crippen molar-refractivity contribution in [2.24, 2.45) is 0 Å². The van der Waals surface area contributed by atoms with Crippen LogP contribution in [0.15, 0.2) is 29.1 Å². The Morgan fingerprint density at radius 3 is 2.59 bits per heavy atom. The van der Waals surface area contributed by atoms with Crippen LogP contribution in [0.5, 0.6) is 6.01 Å². The lowest BCUT2D eigenvalue weighted by Crippen LogP contribution is -2.54. The number of aryl methyl sites for hydroxylation is 1. The zero-order valence-corrected chi connectivity index (χ0v) is 26.1. The third kappa shape index (κ3) is 7.96. The number of aromatic nitrogens is 4. The van der Waals surface area contributed by atoms with Crippen LogP contribution < -0.4 is 21.5 Å². The average molecular weight is 609 g/mol. The van der Waals surface area contributed by atoms with Crippen LogP contribution in [-0.2, 0) is 24.3 Å². The maximum absolute atomic E-state index is 12.9. The monoisotopic (exact) mass is 608 g/mol. The fraction of sp³-hybridized carbons (Fsp3) is 0.625. The molecule has 2 atom stereocenters. The summed E-state index contributed by atoms with van der Waals surface area (Å²) in [6, 6.07) is 9.68. The van der Waals surface area contributed by atoms with Gasteiger partial charge in [-0.15, -0.1) is 0 Å². The molecule has 0 amide bonds. The molecule has 4 heterocycles. The molecule has 2 aliphatic rings. The first kappa shape index (κ1) is 31.9. The van der Waals surface area contributed by atoms with E-state index in [9.17, 15) is 9.59 Å². The first-order chi connectivity index (χ1) is 21.3. The minimum atomic E-state index is -0.826. The smallest absolute Gasteiger partial charge is 0.327 e. The molecule has 12 heteroatoms. The normalized spacial score (nSPS) is 20.0. The molecule has 5 N–H and O–H groups in total. The Kier molecular flexibility index (Phi) is 10.9. The Morgan fingerprint density at radius 2 is 1.89 bits per heavy atom. The fourth-order valence-corrected chi connectivity index (χ4v) is 6.78. The third-order valence-electron chi connectivity index (χ3n) is 9.14. The molecule has 2 aromatic heterocycles. The number of carboxylic acid groups (broad SMARTS) is 1. The molecule has 44 heavy (non-hydrogen) atoms. The number of carboxylic acids is 1. The molecule has 0 radical (unpaired) electrons. The Hall–Kier alpha value is -3.48. The number of benzene rings is 1. The van der Waals surface area contributed by atoms with Gasteiger partial charge in [0.05, 0.1) is 13.0 Å². The number of nitrogen functional groups attached to an aromatic ring is 1. The van der Waals surface area contributed by atoms with Crippen LogP contribution in [-0.4, -0.2) is 91.3 Å². The number of ether oxygens (including phenoxy) is 1. The number of nitrogens with one attached hydrogen (secondary N) is 2. The van der Waals surface area contributed by atoms with Gasteiger partial charge < -0.3 is 25.9 Å². The zero-order chi connectivity index (χ0) is 31.1. The van der Waals surface area contributed by atoms with E-state index < -0.39 is 5.97 Å². The molecule has 5 rings (SSSR count). The maximum Gasteiger partial charge on any atom is 0.327 e. The molecule has 0 spiro atoms. The van der Waals surface area contributed by atoms with Crippen molar-refractivity contribution < 1.29 is 14.6 Å². The van der Waals surface area contributed by atoms with Gasteiger partial charge in [0.1, 0.15) is 5.52 Å². The number of aliphatic carboxylic acids is 1. The molecule has 2 fully saturated rings. The van der Waals surface area contributed by atoms with Gasteiger partial charge in [0.2, 0.25) is 0 Å². The highest BCUT2D eigenvalue weighted by Crippen LogP contribution is 2.28. The van der Waals surface area contributed by atoms with Gasteiger partial charge >= 0.3 is 17.7 Å². The highest BCUT2D eigenvalue weighted by Gasteiger charge is 2.33. The number of hydrogen-bond acceptors (Lipinski definition) is 9. The van der Waals surface area contributed by atoms with Crippen LogP contribution in [0.4, 0.5) is 5.82 Å². The number of anilines is 1. The summed E-state index contributed by atoms with van der Waals surface area (Å²) in [5.41, 5.74) is 8.77. The molecule has 2 saturated heterocycles. The summed E-state index contributed by atoms with van der Waals surface area (Å²) in [6.45, 7) is 10.3. The molecular weight excluding hydrogens is 560 g/mol. The second-order valence-electron chi connectivity index (χ2n) is 12.3. The van der Waals surface area contributed by atoms with Crippen molar-refractivity contribution in [2.45, 2.75) is 96.4 Å². The van der Waals surface area contributed by atoms with Crippen molar-refractivity contribution in [1.82, 2.24) is 34.6 Å². The maximum atomic E-state index is 12.9. The van der Waals surface area contributed by atoms with Crippen molar-refractivity contribution >= 4 is 23.0 Å². The van der Waals surface area contributed by atoms with Gasteiger partial charge in [-0.25, -0.2) is 4.79 Å². The van der Waals surface area contributed by atoms with Crippen LogP contribution in [0.25, 0.3) is 11.2 Å². The van der Waals surface area contributed by atoms with Crippen LogP contribution in [0, 0.1) is 0 Å². The second-order valence-corrected chi connectivity index (χ2v) is 12.3. The predicted molar refractivity (Wildman–Crippen MR) is 171 cm³/mol. The molecule has 0 bridgehead atoms. The summed E-state index contributed by atoms with van der Waals surface area (Å²) < 4.78 is 7.34. The number of carbonyl (C=O) groups is 1. The van der Waals surface area contributed by atoms with Crippen LogP contribution >= 0.6 is 0 Å². The summed E-state index contributed by atoms with van der Waals surface area (Å²) in [4.78, 5) is 41.0. The van der Waals surface area contributed by atoms with Crippen molar-refractivity contribution in [3.05, 3.63) is 45.9 Å². The number of nitrogens with zero attached hydrogens (tertiary/aromatic N) is 5. The number of piperidine rings is 2. The zero-order valence-electron chi connectivity index (χ0n) is 26.1. The number of fused-ring (bicyclic) bond motifs is 1. The van der Waals surface area contributed by atoms with Crippen LogP contribution in [0.2, 0.25) is 0 Å². The molecule has 0 aliphatic carbocycles. The molecular formula is C32H48N8O4. The fourth-order valence-electron chi connectivity index (χ4n) is 6.78. The number of rotatable bonds is 14. The number of unbranched alkanes of at least 4 members (excludes halogenated alkanes) is 1. The number of imidazole rings is 1. The first-order valence-electron chi connectivity index (χ1n) is 16.2. The molecule has 3 aromatic rings. The molecule has 0 saturated carbocycles. The summed E-state index contributed by atoms with van der Waals surface area (Å²) in [5.74, 6) is -0.618. The van der Waals surface area contributed by atoms with E-state index in [0.29, 0.717) is 42.4 Å². The van der Waals surface area contributed by atoms with E-state index in [1.54, 1.807) is 4.57 Å². The Bertz CT molecular complexity index is 1430. The largest absolute Gasteiger partial charge is 0.481 e. The van der Waals surface area contributed by atoms with Crippen molar-refractivity contribution in [3.8, 4) is 6.01 Å².